The number of hydrogen-bond acceptors (Lipinski definition) is 3. The van der Waals surface area contributed by atoms with Gasteiger partial charge in [0.1, 0.15) is 17.5 Å². The van der Waals surface area contributed by atoms with E-state index in [0.717, 1.165) is 24.5 Å². The van der Waals surface area contributed by atoms with Gasteiger partial charge >= 0.3 is 0 Å². The molecule has 31 heavy (non-hydrogen) atoms. The standard InChI is InChI=1S/C22H23F3N2O3S/c1-31(29,30)26-14-4-3-9-27(12-14)22(28)18-11-16(18)15-8-7-13(23)10-17(15)21-19(24)5-2-6-20(21)25/h2,5-8,10,14,16,18,26H,3-4,9,11-12H2,1H3/t14-,16-,18+/m0/s1. The number of nitrogens with one attached hydrogen (secondary N) is 1. The van der Waals surface area contributed by atoms with Gasteiger partial charge in [-0.25, -0.2) is 26.3 Å². The van der Waals surface area contributed by atoms with E-state index in [2.05, 4.69) is 4.72 Å². The summed E-state index contributed by atoms with van der Waals surface area (Å²) in [5, 5.41) is 0. The Morgan fingerprint density at radius 2 is 1.84 bits per heavy atom. The van der Waals surface area contributed by atoms with E-state index in [1.807, 2.05) is 0 Å². The van der Waals surface area contributed by atoms with Gasteiger partial charge in [-0.05, 0) is 60.6 Å². The number of nitrogens with zero attached hydrogens (tertiary/aromatic N) is 1. The van der Waals surface area contributed by atoms with Gasteiger partial charge in [0.05, 0.1) is 11.8 Å². The molecule has 2 aromatic carbocycles. The molecule has 1 saturated heterocycles. The van der Waals surface area contributed by atoms with Crippen LogP contribution in [-0.4, -0.2) is 44.6 Å². The Bertz CT molecular complexity index is 1100. The summed E-state index contributed by atoms with van der Waals surface area (Å²) in [7, 11) is -3.37. The van der Waals surface area contributed by atoms with Crippen molar-refractivity contribution in [2.75, 3.05) is 19.3 Å². The Labute approximate surface area is 179 Å². The number of halogens is 3. The molecule has 0 radical (unpaired) electrons. The number of carbonyl (C=O) groups excluding carboxylic acids is 1. The van der Waals surface area contributed by atoms with Crippen molar-refractivity contribution in [1.29, 1.82) is 0 Å². The highest BCUT2D eigenvalue weighted by Crippen LogP contribution is 2.52. The highest BCUT2D eigenvalue weighted by Gasteiger charge is 2.47. The van der Waals surface area contributed by atoms with Crippen molar-refractivity contribution in [2.24, 2.45) is 5.92 Å². The average Bonchev–Trinajstić information content (AvgIpc) is 3.47. The molecule has 2 fully saturated rings. The number of carbonyl (C=O) groups is 1. The van der Waals surface area contributed by atoms with Gasteiger partial charge in [0.15, 0.2) is 0 Å². The summed E-state index contributed by atoms with van der Waals surface area (Å²) in [6.07, 6.45) is 2.91. The lowest BCUT2D eigenvalue weighted by Crippen LogP contribution is -2.49. The fraction of sp³-hybridized carbons (Fsp3) is 0.409. The van der Waals surface area contributed by atoms with Gasteiger partial charge in [-0.15, -0.1) is 0 Å². The number of benzene rings is 2. The van der Waals surface area contributed by atoms with Crippen molar-refractivity contribution >= 4 is 15.9 Å². The molecule has 3 atom stereocenters. The summed E-state index contributed by atoms with van der Waals surface area (Å²) >= 11 is 0. The van der Waals surface area contributed by atoms with Crippen LogP contribution >= 0.6 is 0 Å². The first-order valence-corrected chi connectivity index (χ1v) is 12.0. The predicted molar refractivity (Wildman–Crippen MR) is 110 cm³/mol. The molecular formula is C22H23F3N2O3S. The molecule has 0 bridgehead atoms. The molecule has 1 aliphatic carbocycles. The maximum atomic E-state index is 14.4. The molecule has 0 spiro atoms. The maximum absolute atomic E-state index is 14.4. The van der Waals surface area contributed by atoms with E-state index in [9.17, 15) is 26.4 Å². The topological polar surface area (TPSA) is 66.5 Å². The second-order valence-corrected chi connectivity index (χ2v) is 10.1. The SMILES string of the molecule is CS(=O)(=O)N[C@H]1CCCN(C(=O)[C@@H]2C[C@H]2c2ccc(F)cc2-c2c(F)cccc2F)C1. The summed E-state index contributed by atoms with van der Waals surface area (Å²) in [5.74, 6) is -2.96. The Morgan fingerprint density at radius 3 is 2.52 bits per heavy atom. The van der Waals surface area contributed by atoms with Crippen LogP contribution < -0.4 is 4.72 Å². The number of rotatable bonds is 5. The van der Waals surface area contributed by atoms with Crippen molar-refractivity contribution in [1.82, 2.24) is 9.62 Å². The lowest BCUT2D eigenvalue weighted by atomic mass is 9.94. The minimum absolute atomic E-state index is 0.116. The molecule has 2 aromatic rings. The second kappa shape index (κ2) is 8.27. The third-order valence-corrected chi connectivity index (χ3v) is 6.63. The van der Waals surface area contributed by atoms with E-state index in [-0.39, 0.29) is 41.5 Å². The largest absolute Gasteiger partial charge is 0.341 e. The molecule has 4 rings (SSSR count). The molecule has 1 amide bonds. The van der Waals surface area contributed by atoms with Crippen LogP contribution in [0.25, 0.3) is 11.1 Å². The first kappa shape index (κ1) is 21.8. The van der Waals surface area contributed by atoms with E-state index in [0.29, 0.717) is 31.4 Å². The highest BCUT2D eigenvalue weighted by molar-refractivity contribution is 7.88. The van der Waals surface area contributed by atoms with Crippen LogP contribution in [0.15, 0.2) is 36.4 Å². The van der Waals surface area contributed by atoms with Gasteiger partial charge in [-0.3, -0.25) is 4.79 Å². The molecule has 1 saturated carbocycles. The molecule has 1 aliphatic heterocycles. The normalized spacial score (nSPS) is 23.6. The average molecular weight is 452 g/mol. The number of hydrogen-bond donors (Lipinski definition) is 1. The lowest BCUT2D eigenvalue weighted by Gasteiger charge is -2.33. The maximum Gasteiger partial charge on any atom is 0.226 e. The predicted octanol–water partition coefficient (Wildman–Crippen LogP) is 3.41. The molecule has 0 aromatic heterocycles. The number of sulfonamides is 1. The number of piperidine rings is 1. The molecule has 0 unspecified atom stereocenters. The lowest BCUT2D eigenvalue weighted by molar-refractivity contribution is -0.133. The zero-order valence-electron chi connectivity index (χ0n) is 16.9. The minimum Gasteiger partial charge on any atom is -0.341 e. The molecule has 1 heterocycles. The van der Waals surface area contributed by atoms with E-state index >= 15 is 0 Å². The van der Waals surface area contributed by atoms with E-state index in [4.69, 9.17) is 0 Å². The van der Waals surface area contributed by atoms with Crippen LogP contribution in [0.4, 0.5) is 13.2 Å². The zero-order chi connectivity index (χ0) is 22.3. The Balaban J connectivity index is 1.55. The van der Waals surface area contributed by atoms with Gasteiger partial charge < -0.3 is 4.90 Å². The van der Waals surface area contributed by atoms with E-state index < -0.39 is 27.5 Å². The van der Waals surface area contributed by atoms with E-state index in [1.165, 1.54) is 18.2 Å². The van der Waals surface area contributed by atoms with Gasteiger partial charge in [-0.1, -0.05) is 12.1 Å². The number of amides is 1. The van der Waals surface area contributed by atoms with Crippen molar-refractivity contribution in [3.8, 4) is 11.1 Å². The Hall–Kier alpha value is -2.39. The third-order valence-electron chi connectivity index (χ3n) is 5.87. The Morgan fingerprint density at radius 1 is 1.13 bits per heavy atom. The molecule has 2 aliphatic rings. The summed E-state index contributed by atoms with van der Waals surface area (Å²) in [6.45, 7) is 0.815. The van der Waals surface area contributed by atoms with Crippen molar-refractivity contribution in [3.63, 3.8) is 0 Å². The van der Waals surface area contributed by atoms with Crippen LogP contribution in [-0.2, 0) is 14.8 Å². The highest BCUT2D eigenvalue weighted by atomic mass is 32.2. The quantitative estimate of drug-likeness (QED) is 0.756. The zero-order valence-corrected chi connectivity index (χ0v) is 17.8. The minimum atomic E-state index is -3.37. The molecule has 9 heteroatoms. The second-order valence-electron chi connectivity index (χ2n) is 8.29. The smallest absolute Gasteiger partial charge is 0.226 e. The number of likely N-dealkylation sites (tertiary alicyclic amines) is 1. The van der Waals surface area contributed by atoms with Gasteiger partial charge in [0.25, 0.3) is 0 Å². The first-order valence-electron chi connectivity index (χ1n) is 10.1. The molecule has 166 valence electrons. The van der Waals surface area contributed by atoms with Crippen LogP contribution in [0.1, 0.15) is 30.7 Å². The van der Waals surface area contributed by atoms with Crippen molar-refractivity contribution in [2.45, 2.75) is 31.2 Å². The summed E-state index contributed by atoms with van der Waals surface area (Å²) in [5.41, 5.74) is 0.350. The van der Waals surface area contributed by atoms with Crippen LogP contribution in [0.5, 0.6) is 0 Å². The molecular weight excluding hydrogens is 429 g/mol. The summed E-state index contributed by atoms with van der Waals surface area (Å²) < 4.78 is 68.2. The van der Waals surface area contributed by atoms with Crippen molar-refractivity contribution < 1.29 is 26.4 Å². The fourth-order valence-electron chi connectivity index (χ4n) is 4.45. The van der Waals surface area contributed by atoms with Crippen LogP contribution in [0, 0.1) is 23.4 Å². The molecule has 5 nitrogen and oxygen atoms in total. The van der Waals surface area contributed by atoms with Crippen LogP contribution in [0.3, 0.4) is 0 Å². The van der Waals surface area contributed by atoms with Gasteiger partial charge in [0.2, 0.25) is 15.9 Å². The summed E-state index contributed by atoms with van der Waals surface area (Å²) in [4.78, 5) is 14.7. The van der Waals surface area contributed by atoms with E-state index in [1.54, 1.807) is 4.90 Å². The first-order chi connectivity index (χ1) is 14.6. The van der Waals surface area contributed by atoms with Crippen molar-refractivity contribution in [3.05, 3.63) is 59.4 Å². The molecule has 1 N–H and O–H groups in total. The van der Waals surface area contributed by atoms with Crippen LogP contribution in [0.2, 0.25) is 0 Å². The summed E-state index contributed by atoms with van der Waals surface area (Å²) in [6, 6.07) is 6.95. The Kier molecular flexibility index (Phi) is 5.83. The van der Waals surface area contributed by atoms with Gasteiger partial charge in [0, 0.05) is 25.0 Å². The van der Waals surface area contributed by atoms with Gasteiger partial charge in [-0.2, -0.15) is 0 Å². The fourth-order valence-corrected chi connectivity index (χ4v) is 5.24. The third kappa shape index (κ3) is 4.77. The monoisotopic (exact) mass is 452 g/mol.